The second kappa shape index (κ2) is 11.5. The van der Waals surface area contributed by atoms with Gasteiger partial charge in [-0.15, -0.1) is 11.8 Å². The number of nitrogens with one attached hydrogen (secondary N) is 1. The molecule has 2 aromatic rings. The smallest absolute Gasteiger partial charge is 0.242 e. The normalized spacial score (nSPS) is 12.4. The molecule has 0 aliphatic heterocycles. The molecule has 0 heterocycles. The van der Waals surface area contributed by atoms with E-state index in [2.05, 4.69) is 5.32 Å². The van der Waals surface area contributed by atoms with E-state index in [1.54, 1.807) is 35.7 Å². The third-order valence-corrected chi connectivity index (χ3v) is 6.41. The quantitative estimate of drug-likeness (QED) is 0.422. The molecule has 0 aromatic heterocycles. The molecule has 1 atom stereocenters. The highest BCUT2D eigenvalue weighted by Gasteiger charge is 2.28. The van der Waals surface area contributed by atoms with Gasteiger partial charge in [-0.05, 0) is 69.7 Å². The summed E-state index contributed by atoms with van der Waals surface area (Å²) in [6, 6.07) is 12.1. The Kier molecular flexibility index (Phi) is 9.56. The molecular weight excluding hydrogens is 475 g/mol. The maximum absolute atomic E-state index is 13.1. The topological polar surface area (TPSA) is 49.4 Å². The van der Waals surface area contributed by atoms with Crippen molar-refractivity contribution in [2.24, 2.45) is 0 Å². The van der Waals surface area contributed by atoms with E-state index in [0.717, 1.165) is 10.5 Å². The zero-order chi connectivity index (χ0) is 23.2. The lowest BCUT2D eigenvalue weighted by Crippen LogP contribution is -2.52. The first kappa shape index (κ1) is 25.9. The van der Waals surface area contributed by atoms with Crippen LogP contribution in [0.3, 0.4) is 0 Å². The van der Waals surface area contributed by atoms with E-state index in [0.29, 0.717) is 27.2 Å². The molecule has 0 aliphatic rings. The zero-order valence-corrected chi connectivity index (χ0v) is 21.1. The third-order valence-electron chi connectivity index (χ3n) is 4.40. The van der Waals surface area contributed by atoms with E-state index in [-0.39, 0.29) is 18.4 Å². The van der Waals surface area contributed by atoms with Crippen LogP contribution in [-0.2, 0) is 16.1 Å². The summed E-state index contributed by atoms with van der Waals surface area (Å²) in [5, 5.41) is 4.48. The summed E-state index contributed by atoms with van der Waals surface area (Å²) in [5.41, 5.74) is 0.414. The van der Waals surface area contributed by atoms with Crippen molar-refractivity contribution >= 4 is 58.4 Å². The maximum atomic E-state index is 13.1. The van der Waals surface area contributed by atoms with Crippen LogP contribution in [0.5, 0.6) is 0 Å². The number of halogens is 3. The predicted molar refractivity (Wildman–Crippen MR) is 131 cm³/mol. The summed E-state index contributed by atoms with van der Waals surface area (Å²) in [6.07, 6.45) is 0.293. The van der Waals surface area contributed by atoms with E-state index in [4.69, 9.17) is 34.8 Å². The lowest BCUT2D eigenvalue weighted by molar-refractivity contribution is -0.140. The largest absolute Gasteiger partial charge is 0.350 e. The molecule has 2 amide bonds. The van der Waals surface area contributed by atoms with Crippen molar-refractivity contribution in [2.75, 3.05) is 5.75 Å². The zero-order valence-electron chi connectivity index (χ0n) is 18.0. The molecule has 0 bridgehead atoms. The van der Waals surface area contributed by atoms with Crippen LogP contribution < -0.4 is 5.32 Å². The highest BCUT2D eigenvalue weighted by atomic mass is 35.5. The van der Waals surface area contributed by atoms with Gasteiger partial charge in [0.05, 0.1) is 10.0 Å². The fourth-order valence-corrected chi connectivity index (χ4v) is 4.11. The Morgan fingerprint density at radius 3 is 2.26 bits per heavy atom. The molecule has 1 N–H and O–H groups in total. The van der Waals surface area contributed by atoms with Crippen LogP contribution in [0.4, 0.5) is 0 Å². The molecular formula is C23H27Cl3N2O2S. The summed E-state index contributed by atoms with van der Waals surface area (Å²) >= 11 is 19.6. The number of carbonyl (C=O) groups is 2. The number of carbonyl (C=O) groups excluding carboxylic acids is 2. The summed E-state index contributed by atoms with van der Waals surface area (Å²) in [4.78, 5) is 28.5. The van der Waals surface area contributed by atoms with Gasteiger partial charge in [0, 0.05) is 34.2 Å². The van der Waals surface area contributed by atoms with E-state index < -0.39 is 11.6 Å². The van der Waals surface area contributed by atoms with Gasteiger partial charge in [0.1, 0.15) is 6.04 Å². The highest BCUT2D eigenvalue weighted by Crippen LogP contribution is 2.25. The van der Waals surface area contributed by atoms with Crippen LogP contribution in [-0.4, -0.2) is 34.0 Å². The van der Waals surface area contributed by atoms with E-state index in [1.165, 1.54) is 0 Å². The molecule has 4 nitrogen and oxygen atoms in total. The van der Waals surface area contributed by atoms with Gasteiger partial charge in [-0.25, -0.2) is 0 Å². The van der Waals surface area contributed by atoms with Crippen LogP contribution in [0.2, 0.25) is 15.1 Å². The van der Waals surface area contributed by atoms with Gasteiger partial charge in [-0.3, -0.25) is 9.59 Å². The Bertz CT molecular complexity index is 914. The van der Waals surface area contributed by atoms with Crippen molar-refractivity contribution in [1.29, 1.82) is 0 Å². The van der Waals surface area contributed by atoms with Crippen molar-refractivity contribution in [3.63, 3.8) is 0 Å². The maximum Gasteiger partial charge on any atom is 0.242 e. The van der Waals surface area contributed by atoms with Crippen LogP contribution >= 0.6 is 46.6 Å². The van der Waals surface area contributed by atoms with Crippen LogP contribution in [0.1, 0.15) is 39.7 Å². The summed E-state index contributed by atoms with van der Waals surface area (Å²) in [6.45, 7) is 7.73. The molecule has 0 radical (unpaired) electrons. The first-order chi connectivity index (χ1) is 14.5. The second-order valence-electron chi connectivity index (χ2n) is 8.24. The lowest BCUT2D eigenvalue weighted by Gasteiger charge is -2.31. The Hall–Kier alpha value is -1.40. The first-order valence-electron chi connectivity index (χ1n) is 9.90. The minimum absolute atomic E-state index is 0.107. The Morgan fingerprint density at radius 2 is 1.68 bits per heavy atom. The minimum atomic E-state index is -0.637. The summed E-state index contributed by atoms with van der Waals surface area (Å²) in [7, 11) is 0. The molecule has 168 valence electrons. The molecule has 0 saturated carbocycles. The molecule has 0 spiro atoms. The molecule has 8 heteroatoms. The van der Waals surface area contributed by atoms with E-state index in [9.17, 15) is 9.59 Å². The van der Waals surface area contributed by atoms with Crippen molar-refractivity contribution in [1.82, 2.24) is 10.2 Å². The van der Waals surface area contributed by atoms with Crippen molar-refractivity contribution in [3.05, 3.63) is 63.1 Å². The first-order valence-corrected chi connectivity index (χ1v) is 12.0. The van der Waals surface area contributed by atoms with E-state index in [1.807, 2.05) is 51.1 Å². The number of rotatable bonds is 8. The van der Waals surface area contributed by atoms with Crippen LogP contribution in [0.15, 0.2) is 47.4 Å². The molecule has 0 aliphatic carbocycles. The van der Waals surface area contributed by atoms with E-state index >= 15 is 0 Å². The second-order valence-corrected chi connectivity index (χ2v) is 10.7. The predicted octanol–water partition coefficient (Wildman–Crippen LogP) is 6.46. The Morgan fingerprint density at radius 1 is 1.03 bits per heavy atom. The van der Waals surface area contributed by atoms with Gasteiger partial charge in [0.25, 0.3) is 0 Å². The third kappa shape index (κ3) is 8.57. The SMILES string of the molecule is C[C@H](C(=O)NC(C)(C)C)N(Cc1ccc(Cl)c(Cl)c1)C(=O)CCSc1ccc(Cl)cc1. The molecule has 2 rings (SSSR count). The van der Waals surface area contributed by atoms with Crippen LogP contribution in [0.25, 0.3) is 0 Å². The summed E-state index contributed by atoms with van der Waals surface area (Å²) in [5.74, 6) is 0.279. The molecule has 0 unspecified atom stereocenters. The fraction of sp³-hybridized carbons (Fsp3) is 0.391. The van der Waals surface area contributed by atoms with Crippen molar-refractivity contribution in [3.8, 4) is 0 Å². The number of hydrogen-bond donors (Lipinski definition) is 1. The van der Waals surface area contributed by atoms with Crippen molar-refractivity contribution in [2.45, 2.75) is 57.1 Å². The number of nitrogens with zero attached hydrogens (tertiary/aromatic N) is 1. The highest BCUT2D eigenvalue weighted by molar-refractivity contribution is 7.99. The molecule has 31 heavy (non-hydrogen) atoms. The van der Waals surface area contributed by atoms with Crippen LogP contribution in [0, 0.1) is 0 Å². The Balaban J connectivity index is 2.12. The average Bonchev–Trinajstić information content (AvgIpc) is 2.68. The van der Waals surface area contributed by atoms with Gasteiger partial charge < -0.3 is 10.2 Å². The number of hydrogen-bond acceptors (Lipinski definition) is 3. The van der Waals surface area contributed by atoms with Crippen molar-refractivity contribution < 1.29 is 9.59 Å². The van der Waals surface area contributed by atoms with Gasteiger partial charge in [-0.1, -0.05) is 40.9 Å². The molecule has 2 aromatic carbocycles. The molecule has 0 fully saturated rings. The Labute approximate surface area is 203 Å². The monoisotopic (exact) mass is 500 g/mol. The standard InChI is InChI=1S/C23H27Cl3N2O2S/c1-15(22(30)27-23(2,3)4)28(14-16-5-10-19(25)20(26)13-16)21(29)11-12-31-18-8-6-17(24)7-9-18/h5-10,13,15H,11-12,14H2,1-4H3,(H,27,30)/t15-/m1/s1. The lowest BCUT2D eigenvalue weighted by atomic mass is 10.1. The number of thioether (sulfide) groups is 1. The fourth-order valence-electron chi connectivity index (χ4n) is 2.82. The van der Waals surface area contributed by atoms with Gasteiger partial charge in [0.15, 0.2) is 0 Å². The van der Waals surface area contributed by atoms with Gasteiger partial charge >= 0.3 is 0 Å². The summed E-state index contributed by atoms with van der Waals surface area (Å²) < 4.78 is 0. The average molecular weight is 502 g/mol. The van der Waals surface area contributed by atoms with Gasteiger partial charge in [-0.2, -0.15) is 0 Å². The minimum Gasteiger partial charge on any atom is -0.350 e. The number of benzene rings is 2. The molecule has 0 saturated heterocycles. The number of amides is 2. The van der Waals surface area contributed by atoms with Gasteiger partial charge in [0.2, 0.25) is 11.8 Å².